The molecular weight excluding hydrogens is 318 g/mol. The Labute approximate surface area is 149 Å². The summed E-state index contributed by atoms with van der Waals surface area (Å²) in [4.78, 5) is 2.17. The molecule has 3 rings (SSSR count). The van der Waals surface area contributed by atoms with E-state index in [1.807, 2.05) is 12.1 Å². The lowest BCUT2D eigenvalue weighted by atomic mass is 9.93. The van der Waals surface area contributed by atoms with Crippen LogP contribution in [0.25, 0.3) is 0 Å². The molecule has 1 heterocycles. The number of hydrogen-bond acceptors (Lipinski definition) is 2. The van der Waals surface area contributed by atoms with Crippen molar-refractivity contribution in [1.82, 2.24) is 0 Å². The van der Waals surface area contributed by atoms with Crippen molar-refractivity contribution >= 4 is 17.3 Å². The van der Waals surface area contributed by atoms with Crippen molar-refractivity contribution in [1.29, 1.82) is 0 Å². The largest absolute Gasteiger partial charge is 0.395 e. The van der Waals surface area contributed by atoms with Gasteiger partial charge in [-0.3, -0.25) is 0 Å². The summed E-state index contributed by atoms with van der Waals surface area (Å²) in [6.45, 7) is 5.07. The monoisotopic (exact) mass is 341 g/mol. The van der Waals surface area contributed by atoms with Gasteiger partial charge in [0.1, 0.15) is 0 Å². The fraction of sp³-hybridized carbons (Fsp3) is 0.333. The number of aliphatic hydroxyl groups excluding tert-OH is 1. The van der Waals surface area contributed by atoms with Crippen LogP contribution in [0.2, 0.25) is 5.02 Å². The average molecular weight is 342 g/mol. The van der Waals surface area contributed by atoms with Gasteiger partial charge in [0.15, 0.2) is 0 Å². The molecule has 0 aliphatic carbocycles. The van der Waals surface area contributed by atoms with E-state index in [1.165, 1.54) is 28.0 Å². The second kappa shape index (κ2) is 7.42. The molecule has 0 fully saturated rings. The second-order valence-corrected chi connectivity index (χ2v) is 6.81. The fourth-order valence-electron chi connectivity index (χ4n) is 3.32. The minimum absolute atomic E-state index is 0.163. The maximum Gasteiger partial charge on any atom is 0.0610 e. The Morgan fingerprint density at radius 2 is 2.04 bits per heavy atom. The Morgan fingerprint density at radius 1 is 1.21 bits per heavy atom. The summed E-state index contributed by atoms with van der Waals surface area (Å²) in [5.74, 6) is 0. The third-order valence-corrected chi connectivity index (χ3v) is 5.19. The molecule has 0 unspecified atom stereocenters. The van der Waals surface area contributed by atoms with E-state index < -0.39 is 0 Å². The zero-order valence-corrected chi connectivity index (χ0v) is 15.1. The van der Waals surface area contributed by atoms with E-state index in [4.69, 9.17) is 11.6 Å². The Bertz CT molecular complexity index is 766. The van der Waals surface area contributed by atoms with Crippen molar-refractivity contribution in [3.8, 4) is 0 Å². The number of rotatable bonds is 5. The maximum atomic E-state index is 9.33. The molecule has 0 aromatic heterocycles. The molecule has 24 heavy (non-hydrogen) atoms. The van der Waals surface area contributed by atoms with Gasteiger partial charge < -0.3 is 10.0 Å². The van der Waals surface area contributed by atoms with Crippen LogP contribution in [-0.2, 0) is 12.8 Å². The van der Waals surface area contributed by atoms with Gasteiger partial charge in [0, 0.05) is 23.5 Å². The fourth-order valence-corrected chi connectivity index (χ4v) is 3.52. The molecule has 0 amide bonds. The summed E-state index contributed by atoms with van der Waals surface area (Å²) in [6.07, 6.45) is 5.12. The van der Waals surface area contributed by atoms with Crippen LogP contribution in [0, 0.1) is 6.92 Å². The van der Waals surface area contributed by atoms with Gasteiger partial charge in [-0.15, -0.1) is 0 Å². The molecule has 0 spiro atoms. The number of anilines is 1. The van der Waals surface area contributed by atoms with E-state index in [2.05, 4.69) is 49.2 Å². The van der Waals surface area contributed by atoms with Crippen LogP contribution in [0.1, 0.15) is 35.6 Å². The van der Waals surface area contributed by atoms with E-state index in [9.17, 15) is 5.11 Å². The molecule has 1 aliphatic heterocycles. The van der Waals surface area contributed by atoms with Gasteiger partial charge in [-0.2, -0.15) is 0 Å². The second-order valence-electron chi connectivity index (χ2n) is 6.40. The molecule has 2 aromatic carbocycles. The Hall–Kier alpha value is -1.77. The quantitative estimate of drug-likeness (QED) is 0.837. The van der Waals surface area contributed by atoms with Crippen LogP contribution in [0.4, 0.5) is 5.69 Å². The van der Waals surface area contributed by atoms with Gasteiger partial charge in [0.2, 0.25) is 0 Å². The molecule has 1 aliphatic rings. The number of allylic oxidation sites excluding steroid dienone is 1. The van der Waals surface area contributed by atoms with Gasteiger partial charge in [0.25, 0.3) is 0 Å². The lowest BCUT2D eigenvalue weighted by Crippen LogP contribution is -2.25. The Kier molecular flexibility index (Phi) is 5.27. The smallest absolute Gasteiger partial charge is 0.0610 e. The number of fused-ring (bicyclic) bond motifs is 1. The highest BCUT2D eigenvalue weighted by atomic mass is 35.5. The van der Waals surface area contributed by atoms with E-state index in [0.29, 0.717) is 6.54 Å². The van der Waals surface area contributed by atoms with Crippen molar-refractivity contribution < 1.29 is 5.11 Å². The third kappa shape index (κ3) is 3.50. The van der Waals surface area contributed by atoms with Gasteiger partial charge in [-0.05, 0) is 66.1 Å². The molecule has 0 saturated carbocycles. The first-order chi connectivity index (χ1) is 11.6. The minimum atomic E-state index is 0.163. The van der Waals surface area contributed by atoms with Crippen LogP contribution in [0.15, 0.2) is 48.2 Å². The lowest BCUT2D eigenvalue weighted by molar-refractivity contribution is 0.305. The number of nitrogens with zero attached hydrogens (tertiary/aromatic N) is 1. The molecule has 0 bridgehead atoms. The lowest BCUT2D eigenvalue weighted by Gasteiger charge is -2.29. The number of benzene rings is 2. The summed E-state index contributed by atoms with van der Waals surface area (Å²) >= 11 is 6.25. The van der Waals surface area contributed by atoms with E-state index >= 15 is 0 Å². The van der Waals surface area contributed by atoms with Gasteiger partial charge in [-0.1, -0.05) is 42.8 Å². The molecule has 0 atom stereocenters. The van der Waals surface area contributed by atoms with Crippen molar-refractivity contribution in [3.63, 3.8) is 0 Å². The SMILES string of the molecule is CCC1=CN(CCO)c2ccc(Cc3cccc(Cl)c3C)cc2C1. The molecule has 2 nitrogen and oxygen atoms in total. The highest BCUT2D eigenvalue weighted by molar-refractivity contribution is 6.31. The van der Waals surface area contributed by atoms with Crippen molar-refractivity contribution in [2.45, 2.75) is 33.1 Å². The van der Waals surface area contributed by atoms with Gasteiger partial charge in [0.05, 0.1) is 6.61 Å². The first kappa shape index (κ1) is 17.1. The van der Waals surface area contributed by atoms with Crippen LogP contribution >= 0.6 is 11.6 Å². The topological polar surface area (TPSA) is 23.5 Å². The minimum Gasteiger partial charge on any atom is -0.395 e. The maximum absolute atomic E-state index is 9.33. The molecule has 0 radical (unpaired) electrons. The molecule has 0 saturated heterocycles. The van der Waals surface area contributed by atoms with E-state index in [0.717, 1.165) is 29.8 Å². The van der Waals surface area contributed by atoms with Gasteiger partial charge in [-0.25, -0.2) is 0 Å². The summed E-state index contributed by atoms with van der Waals surface area (Å²) in [6, 6.07) is 12.8. The Morgan fingerprint density at radius 3 is 2.79 bits per heavy atom. The summed E-state index contributed by atoms with van der Waals surface area (Å²) in [7, 11) is 0. The average Bonchev–Trinajstić information content (AvgIpc) is 2.59. The first-order valence-electron chi connectivity index (χ1n) is 8.55. The molecule has 3 heteroatoms. The normalized spacial score (nSPS) is 13.7. The zero-order valence-electron chi connectivity index (χ0n) is 14.3. The molecule has 126 valence electrons. The zero-order chi connectivity index (χ0) is 17.1. The molecule has 1 N–H and O–H groups in total. The van der Waals surface area contributed by atoms with Crippen LogP contribution in [-0.4, -0.2) is 18.3 Å². The van der Waals surface area contributed by atoms with Crippen LogP contribution in [0.5, 0.6) is 0 Å². The Balaban J connectivity index is 1.90. The highest BCUT2D eigenvalue weighted by Gasteiger charge is 2.17. The number of β-amino-alcohol motifs (C(OH)–C–C–N with tert-alkyl or cyclic N) is 1. The first-order valence-corrected chi connectivity index (χ1v) is 8.93. The third-order valence-electron chi connectivity index (χ3n) is 4.78. The van der Waals surface area contributed by atoms with Gasteiger partial charge >= 0.3 is 0 Å². The summed E-state index contributed by atoms with van der Waals surface area (Å²) in [5, 5.41) is 10.2. The highest BCUT2D eigenvalue weighted by Crippen LogP contribution is 2.32. The summed E-state index contributed by atoms with van der Waals surface area (Å²) in [5.41, 5.74) is 7.71. The predicted molar refractivity (Wildman–Crippen MR) is 102 cm³/mol. The number of hydrogen-bond donors (Lipinski definition) is 1. The van der Waals surface area contributed by atoms with Crippen molar-refractivity contribution in [3.05, 3.63) is 75.4 Å². The molecular formula is C21H24ClNO. The van der Waals surface area contributed by atoms with E-state index in [-0.39, 0.29) is 6.61 Å². The van der Waals surface area contributed by atoms with Crippen molar-refractivity contribution in [2.24, 2.45) is 0 Å². The standard InChI is InChI=1S/C21H24ClNO/c1-3-16-11-19-13-17(7-8-21(19)23(14-16)9-10-24)12-18-5-4-6-20(22)15(18)2/h4-8,13-14,24H,3,9-12H2,1-2H3. The summed E-state index contributed by atoms with van der Waals surface area (Å²) < 4.78 is 0. The number of aliphatic hydroxyl groups is 1. The van der Waals surface area contributed by atoms with Crippen molar-refractivity contribution in [2.75, 3.05) is 18.1 Å². The predicted octanol–water partition coefficient (Wildman–Crippen LogP) is 4.89. The molecule has 2 aromatic rings. The number of halogens is 1. The van der Waals surface area contributed by atoms with Crippen LogP contribution < -0.4 is 4.90 Å². The van der Waals surface area contributed by atoms with E-state index in [1.54, 1.807) is 0 Å². The van der Waals surface area contributed by atoms with Crippen LogP contribution in [0.3, 0.4) is 0 Å².